The summed E-state index contributed by atoms with van der Waals surface area (Å²) in [7, 11) is 0. The average molecular weight is 221 g/mol. The first-order valence-electron chi connectivity index (χ1n) is 5.33. The van der Waals surface area contributed by atoms with Gasteiger partial charge in [-0.25, -0.2) is 4.39 Å². The second kappa shape index (κ2) is 3.96. The maximum atomic E-state index is 13.6. The number of benzene rings is 1. The number of hydrogen-bond acceptors (Lipinski definition) is 1. The van der Waals surface area contributed by atoms with Gasteiger partial charge in [0, 0.05) is 9.68 Å². The molecule has 0 aliphatic heterocycles. The Balaban J connectivity index is 3.49. The third kappa shape index (κ3) is 1.87. The molecule has 0 aromatic heterocycles. The van der Waals surface area contributed by atoms with E-state index in [0.29, 0.717) is 5.56 Å². The second-order valence-electron chi connectivity index (χ2n) is 2.86. The monoisotopic (exact) mass is 220 g/mol. The Morgan fingerprint density at radius 2 is 2.36 bits per heavy atom. The number of carbonyl (C=O) groups is 1. The van der Waals surface area contributed by atoms with Crippen molar-refractivity contribution in [3.05, 3.63) is 34.1 Å². The van der Waals surface area contributed by atoms with E-state index in [0.717, 1.165) is 6.07 Å². The third-order valence-corrected chi connectivity index (χ3v) is 2.36. The summed E-state index contributed by atoms with van der Waals surface area (Å²) in [5.74, 6) is -4.52. The summed E-state index contributed by atoms with van der Waals surface area (Å²) in [5.41, 5.74) is -0.0577. The number of aliphatic carboxylic acids is 1. The molecule has 76 valence electrons. The van der Waals surface area contributed by atoms with Gasteiger partial charge in [-0.15, -0.1) is 0 Å². The first-order chi connectivity index (χ1) is 7.66. The molecule has 4 heteroatoms. The van der Waals surface area contributed by atoms with E-state index in [2.05, 4.69) is 0 Å². The van der Waals surface area contributed by atoms with Gasteiger partial charge < -0.3 is 5.11 Å². The van der Waals surface area contributed by atoms with Gasteiger partial charge in [-0.05, 0) is 25.4 Å². The SMILES string of the molecule is [2H][13C]([2H])([2H])[C@@H](C(=O)O)c1c(F)ccc(C)c1Cl. The highest BCUT2D eigenvalue weighted by molar-refractivity contribution is 6.32. The number of halogens is 2. The molecule has 0 bridgehead atoms. The lowest BCUT2D eigenvalue weighted by atomic mass is 10.0. The molecule has 0 unspecified atom stereocenters. The smallest absolute Gasteiger partial charge is 0.310 e. The van der Waals surface area contributed by atoms with Crippen LogP contribution < -0.4 is 0 Å². The highest BCUT2D eigenvalue weighted by atomic mass is 35.5. The molecule has 14 heavy (non-hydrogen) atoms. The first-order valence-corrected chi connectivity index (χ1v) is 4.21. The van der Waals surface area contributed by atoms with Crippen molar-refractivity contribution in [2.75, 3.05) is 0 Å². The van der Waals surface area contributed by atoms with Crippen LogP contribution in [0.5, 0.6) is 0 Å². The molecule has 1 atom stereocenters. The van der Waals surface area contributed by atoms with Crippen LogP contribution in [-0.2, 0) is 4.79 Å². The highest BCUT2D eigenvalue weighted by Crippen LogP contribution is 2.30. The Labute approximate surface area is 90.5 Å². The van der Waals surface area contributed by atoms with Crippen molar-refractivity contribution in [2.45, 2.75) is 19.7 Å². The van der Waals surface area contributed by atoms with Gasteiger partial charge in [-0.1, -0.05) is 17.7 Å². The predicted molar refractivity (Wildman–Crippen MR) is 52.2 cm³/mol. The van der Waals surface area contributed by atoms with Gasteiger partial charge in [-0.3, -0.25) is 4.79 Å². The zero-order valence-corrected chi connectivity index (χ0v) is 8.10. The summed E-state index contributed by atoms with van der Waals surface area (Å²) < 4.78 is 35.0. The maximum absolute atomic E-state index is 13.6. The topological polar surface area (TPSA) is 37.3 Å². The first kappa shape index (κ1) is 7.23. The van der Waals surface area contributed by atoms with Gasteiger partial charge in [-0.2, -0.15) is 0 Å². The van der Waals surface area contributed by atoms with Crippen molar-refractivity contribution < 1.29 is 18.4 Å². The number of carboxylic acid groups (broad SMARTS) is 1. The minimum atomic E-state index is -2.86. The Bertz CT molecular complexity index is 460. The largest absolute Gasteiger partial charge is 0.481 e. The van der Waals surface area contributed by atoms with E-state index in [9.17, 15) is 9.18 Å². The van der Waals surface area contributed by atoms with Crippen LogP contribution in [0.1, 0.15) is 28.0 Å². The van der Waals surface area contributed by atoms with E-state index in [1.165, 1.54) is 6.07 Å². The van der Waals surface area contributed by atoms with Crippen LogP contribution in [0.4, 0.5) is 4.39 Å². The van der Waals surface area contributed by atoms with Crippen molar-refractivity contribution in [2.24, 2.45) is 0 Å². The number of aryl methyl sites for hydroxylation is 1. The second-order valence-corrected chi connectivity index (χ2v) is 3.24. The Hall–Kier alpha value is -1.09. The summed E-state index contributed by atoms with van der Waals surface area (Å²) in [6, 6.07) is 2.37. The fourth-order valence-electron chi connectivity index (χ4n) is 1.07. The lowest BCUT2D eigenvalue weighted by Crippen LogP contribution is -2.10. The fraction of sp³-hybridized carbons (Fsp3) is 0.300. The van der Waals surface area contributed by atoms with Crippen LogP contribution in [0, 0.1) is 12.7 Å². The Kier molecular flexibility index (Phi) is 2.05. The Morgan fingerprint density at radius 1 is 1.71 bits per heavy atom. The van der Waals surface area contributed by atoms with Gasteiger partial charge in [0.15, 0.2) is 0 Å². The fourth-order valence-corrected chi connectivity index (χ4v) is 1.33. The Morgan fingerprint density at radius 3 is 2.86 bits per heavy atom. The van der Waals surface area contributed by atoms with Gasteiger partial charge in [0.05, 0.1) is 10.9 Å². The summed E-state index contributed by atoms with van der Waals surface area (Å²) in [4.78, 5) is 11.0. The molecule has 0 saturated heterocycles. The number of carboxylic acids is 1. The van der Waals surface area contributed by atoms with Crippen molar-refractivity contribution >= 4 is 17.6 Å². The van der Waals surface area contributed by atoms with E-state index in [1.54, 1.807) is 6.92 Å². The van der Waals surface area contributed by atoms with Gasteiger partial charge in [0.25, 0.3) is 0 Å². The molecule has 0 aliphatic carbocycles. The van der Waals surface area contributed by atoms with E-state index in [-0.39, 0.29) is 5.02 Å². The number of hydrogen-bond donors (Lipinski definition) is 1. The standard InChI is InChI=1S/C10H10ClFO2/c1-5-3-4-7(12)8(9(5)11)6(2)10(13)14/h3-4,6H,1-2H3,(H,13,14)/t6-/m1/s1/i2+1D3. The molecule has 1 N–H and O–H groups in total. The van der Waals surface area contributed by atoms with Crippen LogP contribution in [0.25, 0.3) is 0 Å². The van der Waals surface area contributed by atoms with Crippen molar-refractivity contribution in [1.82, 2.24) is 0 Å². The quantitative estimate of drug-likeness (QED) is 0.778. The predicted octanol–water partition coefficient (Wildman–Crippen LogP) is 2.98. The van der Waals surface area contributed by atoms with Gasteiger partial charge >= 0.3 is 5.97 Å². The van der Waals surface area contributed by atoms with Gasteiger partial charge in [0.1, 0.15) is 5.82 Å². The van der Waals surface area contributed by atoms with Gasteiger partial charge in [0.2, 0.25) is 0 Å². The number of rotatable bonds is 2. The molecule has 0 heterocycles. The van der Waals surface area contributed by atoms with Crippen LogP contribution in [0.15, 0.2) is 12.1 Å². The maximum Gasteiger partial charge on any atom is 0.310 e. The normalized spacial score (nSPS) is 16.6. The van der Waals surface area contributed by atoms with Crippen LogP contribution in [-0.4, -0.2) is 11.1 Å². The molecule has 0 saturated carbocycles. The summed E-state index contributed by atoms with van der Waals surface area (Å²) in [5, 5.41) is 8.76. The summed E-state index contributed by atoms with van der Waals surface area (Å²) >= 11 is 5.79. The van der Waals surface area contributed by atoms with E-state index >= 15 is 0 Å². The van der Waals surface area contributed by atoms with E-state index in [4.69, 9.17) is 20.8 Å². The molecule has 0 spiro atoms. The van der Waals surface area contributed by atoms with E-state index < -0.39 is 30.1 Å². The molecule has 2 nitrogen and oxygen atoms in total. The van der Waals surface area contributed by atoms with Crippen molar-refractivity contribution in [1.29, 1.82) is 0 Å². The highest BCUT2D eigenvalue weighted by Gasteiger charge is 2.21. The molecule has 0 radical (unpaired) electrons. The molecular weight excluding hydrogens is 208 g/mol. The molecular formula is C10H10ClFO2. The zero-order chi connectivity index (χ0) is 13.4. The zero-order valence-electron chi connectivity index (χ0n) is 10.3. The summed E-state index contributed by atoms with van der Waals surface area (Å²) in [6.07, 6.45) is 0. The molecule has 0 fully saturated rings. The molecule has 1 aromatic rings. The van der Waals surface area contributed by atoms with Crippen molar-refractivity contribution in [3.8, 4) is 0 Å². The third-order valence-electron chi connectivity index (χ3n) is 1.86. The van der Waals surface area contributed by atoms with Crippen LogP contribution >= 0.6 is 11.6 Å². The minimum absolute atomic E-state index is 0.159. The molecule has 1 rings (SSSR count). The van der Waals surface area contributed by atoms with Crippen molar-refractivity contribution in [3.63, 3.8) is 0 Å². The minimum Gasteiger partial charge on any atom is -0.481 e. The molecule has 0 aliphatic rings. The summed E-state index contributed by atoms with van der Waals surface area (Å²) in [6.45, 7) is -1.31. The lowest BCUT2D eigenvalue weighted by Gasteiger charge is -2.11. The average Bonchev–Trinajstić information content (AvgIpc) is 2.16. The lowest BCUT2D eigenvalue weighted by molar-refractivity contribution is -0.138. The molecule has 1 aromatic carbocycles. The van der Waals surface area contributed by atoms with Crippen LogP contribution in [0.2, 0.25) is 5.02 Å². The van der Waals surface area contributed by atoms with Crippen LogP contribution in [0.3, 0.4) is 0 Å². The van der Waals surface area contributed by atoms with E-state index in [1.807, 2.05) is 0 Å². The molecule has 0 amide bonds.